The van der Waals surface area contributed by atoms with Gasteiger partial charge in [-0.05, 0) is 45.8 Å². The van der Waals surface area contributed by atoms with Crippen molar-refractivity contribution in [3.63, 3.8) is 0 Å². The molecule has 2 atom stereocenters. The van der Waals surface area contributed by atoms with E-state index in [9.17, 15) is 0 Å². The fraction of sp³-hybridized carbons (Fsp3) is 0.625. The van der Waals surface area contributed by atoms with Crippen LogP contribution in [0.5, 0.6) is 5.75 Å². The van der Waals surface area contributed by atoms with Crippen molar-refractivity contribution in [3.05, 3.63) is 29.8 Å². The number of nitrogens with two attached hydrogens (primary N) is 1. The van der Waals surface area contributed by atoms with E-state index in [-0.39, 0.29) is 6.04 Å². The van der Waals surface area contributed by atoms with Gasteiger partial charge in [0.15, 0.2) is 0 Å². The highest BCUT2D eigenvalue weighted by Gasteiger charge is 2.18. The van der Waals surface area contributed by atoms with Crippen molar-refractivity contribution < 1.29 is 4.74 Å². The molecule has 0 amide bonds. The normalized spacial score (nSPS) is 22.2. The number of ether oxygens (including phenoxy) is 1. The fourth-order valence-electron chi connectivity index (χ4n) is 2.80. The minimum Gasteiger partial charge on any atom is -0.493 e. The predicted molar refractivity (Wildman–Crippen MR) is 79.4 cm³/mol. The van der Waals surface area contributed by atoms with Crippen LogP contribution in [0.15, 0.2) is 24.3 Å². The third-order valence-electron chi connectivity index (χ3n) is 4.04. The molecule has 3 nitrogen and oxygen atoms in total. The second-order valence-electron chi connectivity index (χ2n) is 5.59. The molecule has 1 fully saturated rings. The molecule has 2 rings (SSSR count). The van der Waals surface area contributed by atoms with E-state index in [1.165, 1.54) is 25.8 Å². The fourth-order valence-corrected chi connectivity index (χ4v) is 2.80. The van der Waals surface area contributed by atoms with Gasteiger partial charge in [-0.2, -0.15) is 0 Å². The zero-order valence-electron chi connectivity index (χ0n) is 12.1. The Bertz CT molecular complexity index is 392. The van der Waals surface area contributed by atoms with E-state index in [1.807, 2.05) is 31.2 Å². The van der Waals surface area contributed by atoms with Gasteiger partial charge in [0, 0.05) is 17.6 Å². The molecule has 19 heavy (non-hydrogen) atoms. The van der Waals surface area contributed by atoms with Gasteiger partial charge in [0.1, 0.15) is 5.75 Å². The molecule has 2 N–H and O–H groups in total. The number of benzene rings is 1. The summed E-state index contributed by atoms with van der Waals surface area (Å²) in [6, 6.07) is 8.79. The molecule has 0 saturated carbocycles. The van der Waals surface area contributed by atoms with Crippen LogP contribution < -0.4 is 10.5 Å². The number of nitrogens with zero attached hydrogens (tertiary/aromatic N) is 1. The highest BCUT2D eigenvalue weighted by molar-refractivity contribution is 5.35. The molecule has 0 bridgehead atoms. The lowest BCUT2D eigenvalue weighted by Crippen LogP contribution is -2.37. The summed E-state index contributed by atoms with van der Waals surface area (Å²) in [6.45, 7) is 4.00. The Hall–Kier alpha value is -1.06. The summed E-state index contributed by atoms with van der Waals surface area (Å²) in [4.78, 5) is 2.46. The first-order valence-electron chi connectivity index (χ1n) is 7.36. The standard InChI is InChI=1S/C16H26N2O/c1-13(17)15-8-3-4-9-16(15)19-12-10-14-7-5-6-11-18(14)2/h3-4,8-9,13-14H,5-7,10-12,17H2,1-2H3/t13-,14?/m0/s1. The second-order valence-corrected chi connectivity index (χ2v) is 5.59. The predicted octanol–water partition coefficient (Wildman–Crippen LogP) is 2.96. The Kier molecular flexibility index (Phi) is 5.23. The maximum atomic E-state index is 5.96. The zero-order valence-corrected chi connectivity index (χ0v) is 12.1. The largest absolute Gasteiger partial charge is 0.493 e. The molecular weight excluding hydrogens is 236 g/mol. The number of likely N-dealkylation sites (tertiary alicyclic amines) is 1. The Morgan fingerprint density at radius 3 is 2.89 bits per heavy atom. The molecule has 1 aliphatic heterocycles. The summed E-state index contributed by atoms with van der Waals surface area (Å²) in [5.41, 5.74) is 7.06. The molecular formula is C16H26N2O. The van der Waals surface area contributed by atoms with Crippen LogP contribution in [-0.2, 0) is 0 Å². The average Bonchev–Trinajstić information content (AvgIpc) is 2.41. The maximum absolute atomic E-state index is 5.96. The number of piperidine rings is 1. The van der Waals surface area contributed by atoms with Crippen molar-refractivity contribution in [2.75, 3.05) is 20.2 Å². The number of hydrogen-bond acceptors (Lipinski definition) is 3. The number of rotatable bonds is 5. The van der Waals surface area contributed by atoms with Gasteiger partial charge in [-0.25, -0.2) is 0 Å². The first-order chi connectivity index (χ1) is 9.18. The Morgan fingerprint density at radius 2 is 2.16 bits per heavy atom. The van der Waals surface area contributed by atoms with Crippen LogP contribution in [0.2, 0.25) is 0 Å². The quantitative estimate of drug-likeness (QED) is 0.886. The molecule has 0 aliphatic carbocycles. The molecule has 1 unspecified atom stereocenters. The minimum absolute atomic E-state index is 0.0218. The molecule has 3 heteroatoms. The van der Waals surface area contributed by atoms with Gasteiger partial charge in [0.2, 0.25) is 0 Å². The molecule has 1 aliphatic rings. The van der Waals surface area contributed by atoms with Gasteiger partial charge < -0.3 is 15.4 Å². The summed E-state index contributed by atoms with van der Waals surface area (Å²) in [7, 11) is 2.22. The van der Waals surface area contributed by atoms with E-state index in [0.29, 0.717) is 6.04 Å². The molecule has 1 heterocycles. The van der Waals surface area contributed by atoms with Crippen LogP contribution in [0.25, 0.3) is 0 Å². The number of para-hydroxylation sites is 1. The molecule has 1 saturated heterocycles. The first-order valence-corrected chi connectivity index (χ1v) is 7.36. The van der Waals surface area contributed by atoms with E-state index >= 15 is 0 Å². The van der Waals surface area contributed by atoms with Crippen LogP contribution in [-0.4, -0.2) is 31.1 Å². The van der Waals surface area contributed by atoms with Crippen LogP contribution in [0.3, 0.4) is 0 Å². The third kappa shape index (κ3) is 3.95. The maximum Gasteiger partial charge on any atom is 0.124 e. The molecule has 0 radical (unpaired) electrons. The average molecular weight is 262 g/mol. The van der Waals surface area contributed by atoms with Gasteiger partial charge in [0.25, 0.3) is 0 Å². The first kappa shape index (κ1) is 14.4. The second kappa shape index (κ2) is 6.92. The highest BCUT2D eigenvalue weighted by Crippen LogP contribution is 2.24. The Morgan fingerprint density at radius 1 is 1.37 bits per heavy atom. The van der Waals surface area contributed by atoms with Crippen LogP contribution in [0, 0.1) is 0 Å². The zero-order chi connectivity index (χ0) is 13.7. The number of hydrogen-bond donors (Lipinski definition) is 1. The van der Waals surface area contributed by atoms with Crippen molar-refractivity contribution in [1.82, 2.24) is 4.90 Å². The summed E-state index contributed by atoms with van der Waals surface area (Å²) in [5, 5.41) is 0. The third-order valence-corrected chi connectivity index (χ3v) is 4.04. The van der Waals surface area contributed by atoms with Gasteiger partial charge in [-0.15, -0.1) is 0 Å². The topological polar surface area (TPSA) is 38.5 Å². The van der Waals surface area contributed by atoms with Gasteiger partial charge in [0.05, 0.1) is 6.61 Å². The van der Waals surface area contributed by atoms with Gasteiger partial charge >= 0.3 is 0 Å². The van der Waals surface area contributed by atoms with Crippen LogP contribution in [0.4, 0.5) is 0 Å². The molecule has 0 spiro atoms. The molecule has 1 aromatic carbocycles. The molecule has 0 aromatic heterocycles. The van der Waals surface area contributed by atoms with E-state index in [4.69, 9.17) is 10.5 Å². The monoisotopic (exact) mass is 262 g/mol. The van der Waals surface area contributed by atoms with Gasteiger partial charge in [-0.3, -0.25) is 0 Å². The van der Waals surface area contributed by atoms with E-state index in [0.717, 1.165) is 24.3 Å². The minimum atomic E-state index is 0.0218. The SMILES string of the molecule is C[C@H](N)c1ccccc1OCCC1CCCCN1C. The van der Waals surface area contributed by atoms with E-state index in [2.05, 4.69) is 11.9 Å². The van der Waals surface area contributed by atoms with Crippen molar-refractivity contribution in [2.45, 2.75) is 44.7 Å². The van der Waals surface area contributed by atoms with E-state index in [1.54, 1.807) is 0 Å². The van der Waals surface area contributed by atoms with E-state index < -0.39 is 0 Å². The smallest absolute Gasteiger partial charge is 0.124 e. The van der Waals surface area contributed by atoms with Crippen molar-refractivity contribution >= 4 is 0 Å². The van der Waals surface area contributed by atoms with Crippen LogP contribution in [0.1, 0.15) is 44.2 Å². The van der Waals surface area contributed by atoms with Gasteiger partial charge in [-0.1, -0.05) is 24.6 Å². The van der Waals surface area contributed by atoms with Crippen molar-refractivity contribution in [1.29, 1.82) is 0 Å². The lowest BCUT2D eigenvalue weighted by atomic mass is 10.0. The summed E-state index contributed by atoms with van der Waals surface area (Å²) in [6.07, 6.45) is 5.09. The highest BCUT2D eigenvalue weighted by atomic mass is 16.5. The Labute approximate surface area is 116 Å². The Balaban J connectivity index is 1.85. The van der Waals surface area contributed by atoms with Crippen LogP contribution >= 0.6 is 0 Å². The molecule has 1 aromatic rings. The van der Waals surface area contributed by atoms with Crippen molar-refractivity contribution in [3.8, 4) is 5.75 Å². The van der Waals surface area contributed by atoms with Crippen molar-refractivity contribution in [2.24, 2.45) is 5.73 Å². The lowest BCUT2D eigenvalue weighted by Gasteiger charge is -2.32. The summed E-state index contributed by atoms with van der Waals surface area (Å²) >= 11 is 0. The lowest BCUT2D eigenvalue weighted by molar-refractivity contribution is 0.152. The summed E-state index contributed by atoms with van der Waals surface area (Å²) in [5.74, 6) is 0.941. The molecule has 106 valence electrons. The summed E-state index contributed by atoms with van der Waals surface area (Å²) < 4.78 is 5.94.